The van der Waals surface area contributed by atoms with Gasteiger partial charge < -0.3 is 14.8 Å². The molecule has 2 rings (SSSR count). The molecule has 1 N–H and O–H groups in total. The molecule has 1 aliphatic rings. The Labute approximate surface area is 130 Å². The first-order valence-corrected chi connectivity index (χ1v) is 8.11. The molecule has 0 saturated carbocycles. The van der Waals surface area contributed by atoms with Crippen LogP contribution in [0.2, 0.25) is 0 Å². The van der Waals surface area contributed by atoms with Crippen LogP contribution in [0.1, 0.15) is 34.1 Å². The van der Waals surface area contributed by atoms with Gasteiger partial charge in [0.2, 0.25) is 5.91 Å². The SMILES string of the molecule is CC(Sc1ccc2c(c1)OCCCO2)C(=O)NC(C)(C)C. The van der Waals surface area contributed by atoms with E-state index < -0.39 is 0 Å². The van der Waals surface area contributed by atoms with Crippen LogP contribution in [0.5, 0.6) is 11.5 Å². The van der Waals surface area contributed by atoms with Gasteiger partial charge in [0.1, 0.15) is 0 Å². The second-order valence-corrected chi connectivity index (χ2v) is 7.57. The van der Waals surface area contributed by atoms with Crippen LogP contribution < -0.4 is 14.8 Å². The largest absolute Gasteiger partial charge is 0.490 e. The lowest BCUT2D eigenvalue weighted by Crippen LogP contribution is -2.44. The van der Waals surface area contributed by atoms with E-state index in [4.69, 9.17) is 9.47 Å². The molecule has 0 radical (unpaired) electrons. The van der Waals surface area contributed by atoms with E-state index >= 15 is 0 Å². The topological polar surface area (TPSA) is 47.6 Å². The highest BCUT2D eigenvalue weighted by atomic mass is 32.2. The normalized spacial score (nSPS) is 16.0. The van der Waals surface area contributed by atoms with Crippen molar-refractivity contribution >= 4 is 17.7 Å². The number of fused-ring (bicyclic) bond motifs is 1. The summed E-state index contributed by atoms with van der Waals surface area (Å²) in [4.78, 5) is 13.1. The molecule has 1 amide bonds. The maximum absolute atomic E-state index is 12.1. The van der Waals surface area contributed by atoms with Gasteiger partial charge in [0.15, 0.2) is 11.5 Å². The van der Waals surface area contributed by atoms with Gasteiger partial charge >= 0.3 is 0 Å². The van der Waals surface area contributed by atoms with E-state index in [1.54, 1.807) is 0 Å². The van der Waals surface area contributed by atoms with Crippen LogP contribution >= 0.6 is 11.8 Å². The number of thioether (sulfide) groups is 1. The Morgan fingerprint density at radius 3 is 2.57 bits per heavy atom. The molecule has 5 heteroatoms. The van der Waals surface area contributed by atoms with Crippen molar-refractivity contribution in [2.24, 2.45) is 0 Å². The predicted octanol–water partition coefficient (Wildman–Crippen LogP) is 3.24. The van der Waals surface area contributed by atoms with Crippen molar-refractivity contribution in [3.05, 3.63) is 18.2 Å². The minimum absolute atomic E-state index is 0.0413. The number of carbonyl (C=O) groups is 1. The molecule has 4 nitrogen and oxygen atoms in total. The smallest absolute Gasteiger partial charge is 0.233 e. The van der Waals surface area contributed by atoms with Crippen LogP contribution in [0, 0.1) is 0 Å². The van der Waals surface area contributed by atoms with E-state index in [-0.39, 0.29) is 16.7 Å². The molecule has 1 aromatic carbocycles. The second kappa shape index (κ2) is 6.60. The molecule has 0 fully saturated rings. The number of nitrogens with one attached hydrogen (secondary N) is 1. The number of ether oxygens (including phenoxy) is 2. The number of rotatable bonds is 3. The molecule has 1 aromatic rings. The van der Waals surface area contributed by atoms with E-state index in [1.807, 2.05) is 45.9 Å². The highest BCUT2D eigenvalue weighted by Gasteiger charge is 2.21. The van der Waals surface area contributed by atoms with Gasteiger partial charge in [-0.1, -0.05) is 0 Å². The fraction of sp³-hybridized carbons (Fsp3) is 0.562. The Morgan fingerprint density at radius 2 is 1.90 bits per heavy atom. The van der Waals surface area contributed by atoms with Crippen molar-refractivity contribution < 1.29 is 14.3 Å². The van der Waals surface area contributed by atoms with Crippen molar-refractivity contribution in [2.45, 2.75) is 49.8 Å². The van der Waals surface area contributed by atoms with Crippen LogP contribution in [0.25, 0.3) is 0 Å². The Kier molecular flexibility index (Phi) is 5.04. The van der Waals surface area contributed by atoms with E-state index in [9.17, 15) is 4.79 Å². The van der Waals surface area contributed by atoms with Gasteiger partial charge in [-0.25, -0.2) is 0 Å². The number of carbonyl (C=O) groups excluding carboxylic acids is 1. The summed E-state index contributed by atoms with van der Waals surface area (Å²) in [6, 6.07) is 5.84. The van der Waals surface area contributed by atoms with Crippen LogP contribution in [-0.2, 0) is 4.79 Å². The lowest BCUT2D eigenvalue weighted by molar-refractivity contribution is -0.121. The molecule has 0 aromatic heterocycles. The first-order valence-electron chi connectivity index (χ1n) is 7.23. The first-order chi connectivity index (χ1) is 9.85. The number of hydrogen-bond acceptors (Lipinski definition) is 4. The third-order valence-electron chi connectivity index (χ3n) is 2.90. The number of benzene rings is 1. The van der Waals surface area contributed by atoms with E-state index in [2.05, 4.69) is 5.32 Å². The molecule has 0 aliphatic carbocycles. The van der Waals surface area contributed by atoms with Crippen molar-refractivity contribution in [3.63, 3.8) is 0 Å². The predicted molar refractivity (Wildman–Crippen MR) is 85.3 cm³/mol. The van der Waals surface area contributed by atoms with E-state index in [1.165, 1.54) is 11.8 Å². The summed E-state index contributed by atoms with van der Waals surface area (Å²) in [7, 11) is 0. The molecule has 0 bridgehead atoms. The summed E-state index contributed by atoms with van der Waals surface area (Å²) in [6.45, 7) is 9.21. The zero-order valence-corrected chi connectivity index (χ0v) is 13.9. The Hall–Kier alpha value is -1.36. The maximum atomic E-state index is 12.1. The van der Waals surface area contributed by atoms with Crippen LogP contribution in [0.4, 0.5) is 0 Å². The van der Waals surface area contributed by atoms with Gasteiger partial charge in [0, 0.05) is 16.9 Å². The minimum atomic E-state index is -0.212. The molecular formula is C16H23NO3S. The molecule has 1 unspecified atom stereocenters. The summed E-state index contributed by atoms with van der Waals surface area (Å²) in [6.07, 6.45) is 0.890. The Bertz CT molecular complexity index is 511. The van der Waals surface area contributed by atoms with Crippen LogP contribution in [0.3, 0.4) is 0 Å². The monoisotopic (exact) mass is 309 g/mol. The quantitative estimate of drug-likeness (QED) is 0.871. The van der Waals surface area contributed by atoms with Crippen molar-refractivity contribution in [3.8, 4) is 11.5 Å². The Morgan fingerprint density at radius 1 is 1.24 bits per heavy atom. The average molecular weight is 309 g/mol. The highest BCUT2D eigenvalue weighted by Crippen LogP contribution is 2.35. The summed E-state index contributed by atoms with van der Waals surface area (Å²) in [5.41, 5.74) is -0.212. The third kappa shape index (κ3) is 4.84. The van der Waals surface area contributed by atoms with Crippen LogP contribution in [0.15, 0.2) is 23.1 Å². The van der Waals surface area contributed by atoms with Gasteiger partial charge in [-0.15, -0.1) is 11.8 Å². The number of amides is 1. The van der Waals surface area contributed by atoms with E-state index in [0.29, 0.717) is 13.2 Å². The molecule has 116 valence electrons. The molecule has 1 atom stereocenters. The molecule has 1 heterocycles. The highest BCUT2D eigenvalue weighted by molar-refractivity contribution is 8.00. The minimum Gasteiger partial charge on any atom is -0.490 e. The standard InChI is InChI=1S/C16H23NO3S/c1-11(15(18)17-16(2,3)4)21-12-6-7-13-14(10-12)20-9-5-8-19-13/h6-7,10-11H,5,8-9H2,1-4H3,(H,17,18). The molecule has 0 saturated heterocycles. The fourth-order valence-corrected chi connectivity index (χ4v) is 2.84. The molecular weight excluding hydrogens is 286 g/mol. The number of hydrogen-bond donors (Lipinski definition) is 1. The first kappa shape index (κ1) is 16.0. The lowest BCUT2D eigenvalue weighted by atomic mass is 10.1. The van der Waals surface area contributed by atoms with Gasteiger partial charge in [-0.3, -0.25) is 4.79 Å². The molecule has 1 aliphatic heterocycles. The average Bonchev–Trinajstić information content (AvgIpc) is 2.61. The summed E-state index contributed by atoms with van der Waals surface area (Å²) in [5, 5.41) is 2.84. The summed E-state index contributed by atoms with van der Waals surface area (Å²) < 4.78 is 11.3. The zero-order chi connectivity index (χ0) is 15.5. The maximum Gasteiger partial charge on any atom is 0.233 e. The summed E-state index contributed by atoms with van der Waals surface area (Å²) >= 11 is 1.52. The zero-order valence-electron chi connectivity index (χ0n) is 13.1. The Balaban J connectivity index is 2.02. The summed E-state index contributed by atoms with van der Waals surface area (Å²) in [5.74, 6) is 1.59. The second-order valence-electron chi connectivity index (χ2n) is 6.16. The fourth-order valence-electron chi connectivity index (χ4n) is 1.95. The lowest BCUT2D eigenvalue weighted by Gasteiger charge is -2.23. The van der Waals surface area contributed by atoms with Gasteiger partial charge in [0.25, 0.3) is 0 Å². The van der Waals surface area contributed by atoms with E-state index in [0.717, 1.165) is 22.8 Å². The molecule has 0 spiro atoms. The van der Waals surface area contributed by atoms with Gasteiger partial charge in [-0.2, -0.15) is 0 Å². The molecule has 21 heavy (non-hydrogen) atoms. The van der Waals surface area contributed by atoms with Crippen molar-refractivity contribution in [1.82, 2.24) is 5.32 Å². The van der Waals surface area contributed by atoms with Gasteiger partial charge in [0.05, 0.1) is 18.5 Å². The van der Waals surface area contributed by atoms with Crippen molar-refractivity contribution in [1.29, 1.82) is 0 Å². The van der Waals surface area contributed by atoms with Crippen LogP contribution in [-0.4, -0.2) is 29.9 Å². The van der Waals surface area contributed by atoms with Gasteiger partial charge in [-0.05, 0) is 45.9 Å². The van der Waals surface area contributed by atoms with Crippen molar-refractivity contribution in [2.75, 3.05) is 13.2 Å². The third-order valence-corrected chi connectivity index (χ3v) is 3.99.